The predicted octanol–water partition coefficient (Wildman–Crippen LogP) is 2.85. The van der Waals surface area contributed by atoms with Crippen molar-refractivity contribution in [2.75, 3.05) is 0 Å². The summed E-state index contributed by atoms with van der Waals surface area (Å²) in [4.78, 5) is 16.3. The number of pyridine rings is 1. The lowest BCUT2D eigenvalue weighted by molar-refractivity contribution is 0.0954. The molecule has 0 bridgehead atoms. The molecule has 1 aromatic carbocycles. The topological polar surface area (TPSA) is 54.4 Å². The van der Waals surface area contributed by atoms with E-state index in [4.69, 9.17) is 0 Å². The van der Waals surface area contributed by atoms with Gasteiger partial charge in [0.25, 0.3) is 5.91 Å². The van der Waals surface area contributed by atoms with Crippen LogP contribution in [0.1, 0.15) is 34.1 Å². The van der Waals surface area contributed by atoms with Crippen LogP contribution < -0.4 is 5.43 Å². The van der Waals surface area contributed by atoms with Crippen LogP contribution in [0.3, 0.4) is 0 Å². The van der Waals surface area contributed by atoms with E-state index < -0.39 is 0 Å². The Morgan fingerprint density at radius 3 is 2.65 bits per heavy atom. The highest BCUT2D eigenvalue weighted by Crippen LogP contribution is 2.06. The molecule has 102 valence electrons. The lowest BCUT2D eigenvalue weighted by Gasteiger charge is -2.05. The highest BCUT2D eigenvalue weighted by atomic mass is 16.2. The molecular formula is C16H17N3O. The zero-order chi connectivity index (χ0) is 14.5. The summed E-state index contributed by atoms with van der Waals surface area (Å²) in [6.07, 6.45) is 1.73. The quantitative estimate of drug-likeness (QED) is 0.686. The van der Waals surface area contributed by atoms with Crippen LogP contribution in [-0.4, -0.2) is 16.6 Å². The number of aromatic nitrogens is 1. The Balaban J connectivity index is 2.13. The molecule has 2 rings (SSSR count). The smallest absolute Gasteiger partial charge is 0.267 e. The average molecular weight is 267 g/mol. The first-order valence-electron chi connectivity index (χ1n) is 6.41. The van der Waals surface area contributed by atoms with Crippen LogP contribution in [0.2, 0.25) is 0 Å². The van der Waals surface area contributed by atoms with Gasteiger partial charge in [-0.2, -0.15) is 5.10 Å². The SMILES string of the molecule is C/C(=N\NC(=O)c1ccccc1C)c1cc(C)ccn1. The second-order valence-corrected chi connectivity index (χ2v) is 4.67. The third-order valence-corrected chi connectivity index (χ3v) is 3.00. The van der Waals surface area contributed by atoms with E-state index in [2.05, 4.69) is 15.5 Å². The molecule has 4 heteroatoms. The van der Waals surface area contributed by atoms with Gasteiger partial charge in [0.05, 0.1) is 11.4 Å². The Morgan fingerprint density at radius 2 is 1.95 bits per heavy atom. The van der Waals surface area contributed by atoms with Crippen LogP contribution in [0.25, 0.3) is 0 Å². The molecule has 0 unspecified atom stereocenters. The molecule has 0 spiro atoms. The van der Waals surface area contributed by atoms with E-state index >= 15 is 0 Å². The van der Waals surface area contributed by atoms with E-state index in [1.165, 1.54) is 0 Å². The van der Waals surface area contributed by atoms with E-state index in [-0.39, 0.29) is 5.91 Å². The molecule has 1 heterocycles. The van der Waals surface area contributed by atoms with Crippen molar-refractivity contribution < 1.29 is 4.79 Å². The molecule has 0 saturated heterocycles. The zero-order valence-electron chi connectivity index (χ0n) is 11.8. The standard InChI is InChI=1S/C16H17N3O/c1-11-8-9-17-15(10-11)13(3)18-19-16(20)14-7-5-4-6-12(14)2/h4-10H,1-3H3,(H,19,20)/b18-13+. The molecule has 0 aliphatic heterocycles. The van der Waals surface area contributed by atoms with Crippen molar-refractivity contribution >= 4 is 11.6 Å². The Hall–Kier alpha value is -2.49. The molecule has 0 aliphatic carbocycles. The van der Waals surface area contributed by atoms with Gasteiger partial charge in [0.15, 0.2) is 0 Å². The lowest BCUT2D eigenvalue weighted by atomic mass is 10.1. The minimum absolute atomic E-state index is 0.213. The van der Waals surface area contributed by atoms with Gasteiger partial charge in [0.2, 0.25) is 0 Å². The summed E-state index contributed by atoms with van der Waals surface area (Å²) in [6.45, 7) is 5.71. The van der Waals surface area contributed by atoms with E-state index in [1.54, 1.807) is 12.3 Å². The highest BCUT2D eigenvalue weighted by Gasteiger charge is 2.07. The number of amides is 1. The molecule has 20 heavy (non-hydrogen) atoms. The van der Waals surface area contributed by atoms with Gasteiger partial charge in [0, 0.05) is 11.8 Å². The number of rotatable bonds is 3. The Bertz CT molecular complexity index is 662. The molecule has 4 nitrogen and oxygen atoms in total. The van der Waals surface area contributed by atoms with Crippen molar-refractivity contribution in [2.45, 2.75) is 20.8 Å². The maximum atomic E-state index is 12.0. The largest absolute Gasteiger partial charge is 0.271 e. The molecular weight excluding hydrogens is 250 g/mol. The number of aryl methyl sites for hydroxylation is 2. The summed E-state index contributed by atoms with van der Waals surface area (Å²) < 4.78 is 0. The van der Waals surface area contributed by atoms with Gasteiger partial charge in [0.1, 0.15) is 0 Å². The van der Waals surface area contributed by atoms with Crippen LogP contribution in [0.4, 0.5) is 0 Å². The Morgan fingerprint density at radius 1 is 1.20 bits per heavy atom. The summed E-state index contributed by atoms with van der Waals surface area (Å²) >= 11 is 0. The number of nitrogens with one attached hydrogen (secondary N) is 1. The van der Waals surface area contributed by atoms with Crippen LogP contribution in [0.15, 0.2) is 47.7 Å². The molecule has 0 aliphatic rings. The number of nitrogens with zero attached hydrogens (tertiary/aromatic N) is 2. The summed E-state index contributed by atoms with van der Waals surface area (Å²) in [7, 11) is 0. The fraction of sp³-hybridized carbons (Fsp3) is 0.188. The maximum Gasteiger partial charge on any atom is 0.271 e. The van der Waals surface area contributed by atoms with E-state index in [1.807, 2.05) is 51.1 Å². The normalized spacial score (nSPS) is 11.2. The maximum absolute atomic E-state index is 12.0. The van der Waals surface area contributed by atoms with Crippen molar-refractivity contribution in [2.24, 2.45) is 5.10 Å². The zero-order valence-corrected chi connectivity index (χ0v) is 11.8. The van der Waals surface area contributed by atoms with Crippen LogP contribution in [-0.2, 0) is 0 Å². The van der Waals surface area contributed by atoms with E-state index in [0.29, 0.717) is 11.3 Å². The average Bonchev–Trinajstić information content (AvgIpc) is 2.45. The van der Waals surface area contributed by atoms with Crippen LogP contribution >= 0.6 is 0 Å². The molecule has 1 N–H and O–H groups in total. The van der Waals surface area contributed by atoms with E-state index in [0.717, 1.165) is 16.8 Å². The predicted molar refractivity (Wildman–Crippen MR) is 79.8 cm³/mol. The first kappa shape index (κ1) is 13.9. The van der Waals surface area contributed by atoms with Crippen molar-refractivity contribution in [1.29, 1.82) is 0 Å². The summed E-state index contributed by atoms with van der Waals surface area (Å²) in [6, 6.07) is 11.3. The summed E-state index contributed by atoms with van der Waals surface area (Å²) in [5.74, 6) is -0.213. The van der Waals surface area contributed by atoms with Crippen molar-refractivity contribution in [3.05, 3.63) is 65.0 Å². The Labute approximate surface area is 118 Å². The highest BCUT2D eigenvalue weighted by molar-refractivity contribution is 6.00. The minimum atomic E-state index is -0.213. The molecule has 1 aromatic heterocycles. The second-order valence-electron chi connectivity index (χ2n) is 4.67. The number of hydrazone groups is 1. The van der Waals surface area contributed by atoms with Crippen molar-refractivity contribution in [3.8, 4) is 0 Å². The lowest BCUT2D eigenvalue weighted by Crippen LogP contribution is -2.20. The molecule has 0 saturated carbocycles. The van der Waals surface area contributed by atoms with Gasteiger partial charge in [-0.05, 0) is 50.1 Å². The number of carbonyl (C=O) groups is 1. The fourth-order valence-electron chi connectivity index (χ4n) is 1.81. The number of benzene rings is 1. The minimum Gasteiger partial charge on any atom is -0.267 e. The molecule has 0 radical (unpaired) electrons. The van der Waals surface area contributed by atoms with E-state index in [9.17, 15) is 4.79 Å². The molecule has 0 atom stereocenters. The van der Waals surface area contributed by atoms with Gasteiger partial charge in [-0.15, -0.1) is 0 Å². The molecule has 0 fully saturated rings. The van der Waals surface area contributed by atoms with Gasteiger partial charge in [-0.3, -0.25) is 9.78 Å². The van der Waals surface area contributed by atoms with Gasteiger partial charge in [-0.1, -0.05) is 18.2 Å². The van der Waals surface area contributed by atoms with Crippen LogP contribution in [0.5, 0.6) is 0 Å². The third kappa shape index (κ3) is 3.29. The monoisotopic (exact) mass is 267 g/mol. The summed E-state index contributed by atoms with van der Waals surface area (Å²) in [5, 5.41) is 4.11. The third-order valence-electron chi connectivity index (χ3n) is 3.00. The number of carbonyl (C=O) groups excluding carboxylic acids is 1. The van der Waals surface area contributed by atoms with Crippen molar-refractivity contribution in [1.82, 2.24) is 10.4 Å². The second kappa shape index (κ2) is 6.10. The van der Waals surface area contributed by atoms with Gasteiger partial charge < -0.3 is 0 Å². The number of hydrogen-bond donors (Lipinski definition) is 1. The van der Waals surface area contributed by atoms with Crippen LogP contribution in [0, 0.1) is 13.8 Å². The first-order chi connectivity index (χ1) is 9.58. The summed E-state index contributed by atoms with van der Waals surface area (Å²) in [5.41, 5.74) is 6.66. The number of hydrogen-bond acceptors (Lipinski definition) is 3. The Kier molecular flexibility index (Phi) is 4.25. The molecule has 2 aromatic rings. The first-order valence-corrected chi connectivity index (χ1v) is 6.41. The molecule has 1 amide bonds. The van der Waals surface area contributed by atoms with Crippen molar-refractivity contribution in [3.63, 3.8) is 0 Å². The fourth-order valence-corrected chi connectivity index (χ4v) is 1.81. The van der Waals surface area contributed by atoms with Gasteiger partial charge in [-0.25, -0.2) is 5.43 Å². The van der Waals surface area contributed by atoms with Gasteiger partial charge >= 0.3 is 0 Å².